The molecular formula is C15H21FN2O. The molecule has 1 aliphatic carbocycles. The Balaban J connectivity index is 1.73. The van der Waals surface area contributed by atoms with Gasteiger partial charge in [0.2, 0.25) is 5.91 Å². The number of carbonyl (C=O) groups is 1. The molecule has 0 aliphatic heterocycles. The zero-order chi connectivity index (χ0) is 13.5. The minimum Gasteiger partial charge on any atom is -0.325 e. The van der Waals surface area contributed by atoms with Gasteiger partial charge in [-0.25, -0.2) is 4.39 Å². The predicted molar refractivity (Wildman–Crippen MR) is 74.5 cm³/mol. The minimum atomic E-state index is -0.297. The Hall–Kier alpha value is -1.42. The van der Waals surface area contributed by atoms with Crippen molar-refractivity contribution in [2.24, 2.45) is 0 Å². The Morgan fingerprint density at radius 3 is 2.37 bits per heavy atom. The van der Waals surface area contributed by atoms with Gasteiger partial charge in [-0.3, -0.25) is 4.79 Å². The van der Waals surface area contributed by atoms with Crippen LogP contribution in [-0.4, -0.2) is 18.5 Å². The third kappa shape index (κ3) is 4.99. The summed E-state index contributed by atoms with van der Waals surface area (Å²) in [4.78, 5) is 11.8. The van der Waals surface area contributed by atoms with Crippen LogP contribution in [0.1, 0.15) is 38.5 Å². The second-order valence-electron chi connectivity index (χ2n) is 5.12. The fourth-order valence-corrected chi connectivity index (χ4v) is 2.46. The summed E-state index contributed by atoms with van der Waals surface area (Å²) in [7, 11) is 0. The van der Waals surface area contributed by atoms with E-state index < -0.39 is 0 Å². The van der Waals surface area contributed by atoms with Crippen LogP contribution in [0.2, 0.25) is 0 Å². The van der Waals surface area contributed by atoms with Crippen LogP contribution in [0.5, 0.6) is 0 Å². The maximum Gasteiger partial charge on any atom is 0.238 e. The van der Waals surface area contributed by atoms with E-state index in [-0.39, 0.29) is 11.7 Å². The van der Waals surface area contributed by atoms with Crippen LogP contribution in [0.4, 0.5) is 10.1 Å². The van der Waals surface area contributed by atoms with Crippen LogP contribution in [0.25, 0.3) is 0 Å². The summed E-state index contributed by atoms with van der Waals surface area (Å²) in [5.74, 6) is -0.370. The van der Waals surface area contributed by atoms with E-state index >= 15 is 0 Å². The summed E-state index contributed by atoms with van der Waals surface area (Å²) in [5, 5.41) is 6.06. The van der Waals surface area contributed by atoms with Crippen molar-refractivity contribution in [3.05, 3.63) is 30.1 Å². The number of amides is 1. The number of hydrogen-bond donors (Lipinski definition) is 2. The van der Waals surface area contributed by atoms with Gasteiger partial charge in [-0.05, 0) is 37.1 Å². The van der Waals surface area contributed by atoms with Crippen molar-refractivity contribution < 1.29 is 9.18 Å². The van der Waals surface area contributed by atoms with Crippen LogP contribution in [0.15, 0.2) is 24.3 Å². The van der Waals surface area contributed by atoms with Crippen molar-refractivity contribution in [2.75, 3.05) is 11.9 Å². The number of hydrogen-bond acceptors (Lipinski definition) is 2. The molecule has 2 rings (SSSR count). The third-order valence-corrected chi connectivity index (χ3v) is 3.53. The second-order valence-corrected chi connectivity index (χ2v) is 5.12. The van der Waals surface area contributed by atoms with E-state index in [1.165, 1.54) is 37.8 Å². The first-order valence-corrected chi connectivity index (χ1v) is 7.03. The van der Waals surface area contributed by atoms with Crippen molar-refractivity contribution in [1.82, 2.24) is 5.32 Å². The summed E-state index contributed by atoms with van der Waals surface area (Å²) in [6.45, 7) is 0.321. The molecule has 2 N–H and O–H groups in total. The van der Waals surface area contributed by atoms with Crippen LogP contribution >= 0.6 is 0 Å². The maximum atomic E-state index is 12.7. The largest absolute Gasteiger partial charge is 0.325 e. The van der Waals surface area contributed by atoms with E-state index in [0.717, 1.165) is 12.8 Å². The first kappa shape index (κ1) is 14.0. The first-order chi connectivity index (χ1) is 9.24. The number of rotatable bonds is 4. The van der Waals surface area contributed by atoms with E-state index in [1.807, 2.05) is 0 Å². The Bertz CT molecular complexity index is 397. The lowest BCUT2D eigenvalue weighted by Crippen LogP contribution is -2.35. The zero-order valence-electron chi connectivity index (χ0n) is 11.1. The molecule has 0 spiro atoms. The van der Waals surface area contributed by atoms with Gasteiger partial charge >= 0.3 is 0 Å². The molecule has 1 aromatic rings. The number of halogens is 1. The molecule has 0 atom stereocenters. The Morgan fingerprint density at radius 1 is 1.11 bits per heavy atom. The first-order valence-electron chi connectivity index (χ1n) is 7.03. The fraction of sp³-hybridized carbons (Fsp3) is 0.533. The normalized spacial score (nSPS) is 16.9. The summed E-state index contributed by atoms with van der Waals surface area (Å²) >= 11 is 0. The molecule has 0 unspecified atom stereocenters. The molecule has 0 aromatic heterocycles. The van der Waals surface area contributed by atoms with Crippen LogP contribution < -0.4 is 10.6 Å². The van der Waals surface area contributed by atoms with E-state index in [2.05, 4.69) is 10.6 Å². The fourth-order valence-electron chi connectivity index (χ4n) is 2.46. The predicted octanol–water partition coefficient (Wildman–Crippen LogP) is 3.08. The van der Waals surface area contributed by atoms with E-state index in [4.69, 9.17) is 0 Å². The molecule has 104 valence electrons. The number of anilines is 1. The van der Waals surface area contributed by atoms with E-state index in [1.54, 1.807) is 12.1 Å². The highest BCUT2D eigenvalue weighted by Gasteiger charge is 2.12. The standard InChI is InChI=1S/C15H21FN2O/c16-12-7-9-14(10-8-12)18-15(19)11-17-13-5-3-1-2-4-6-13/h7-10,13,17H,1-6,11H2,(H,18,19). The molecule has 1 fully saturated rings. The highest BCUT2D eigenvalue weighted by atomic mass is 19.1. The summed E-state index contributed by atoms with van der Waals surface area (Å²) in [6, 6.07) is 6.28. The molecule has 1 saturated carbocycles. The average molecular weight is 264 g/mol. The quantitative estimate of drug-likeness (QED) is 0.821. The highest BCUT2D eigenvalue weighted by molar-refractivity contribution is 5.92. The number of nitrogens with one attached hydrogen (secondary N) is 2. The lowest BCUT2D eigenvalue weighted by Gasteiger charge is -2.15. The molecule has 1 amide bonds. The Labute approximate surface area is 113 Å². The zero-order valence-corrected chi connectivity index (χ0v) is 11.1. The van der Waals surface area contributed by atoms with Crippen LogP contribution in [-0.2, 0) is 4.79 Å². The molecule has 4 heteroatoms. The van der Waals surface area contributed by atoms with Gasteiger partial charge in [0.15, 0.2) is 0 Å². The molecule has 1 aromatic carbocycles. The van der Waals surface area contributed by atoms with Crippen LogP contribution in [0.3, 0.4) is 0 Å². The lowest BCUT2D eigenvalue weighted by molar-refractivity contribution is -0.115. The van der Waals surface area contributed by atoms with Gasteiger partial charge in [-0.1, -0.05) is 25.7 Å². The minimum absolute atomic E-state index is 0.0733. The van der Waals surface area contributed by atoms with Crippen molar-refractivity contribution in [2.45, 2.75) is 44.6 Å². The number of carbonyl (C=O) groups excluding carboxylic acids is 1. The molecule has 0 radical (unpaired) electrons. The summed E-state index contributed by atoms with van der Waals surface area (Å²) in [5.41, 5.74) is 0.633. The van der Waals surface area contributed by atoms with Gasteiger partial charge in [0.1, 0.15) is 5.82 Å². The topological polar surface area (TPSA) is 41.1 Å². The molecule has 19 heavy (non-hydrogen) atoms. The molecule has 3 nitrogen and oxygen atoms in total. The monoisotopic (exact) mass is 264 g/mol. The molecule has 0 bridgehead atoms. The van der Waals surface area contributed by atoms with Crippen molar-refractivity contribution >= 4 is 11.6 Å². The second kappa shape index (κ2) is 7.24. The van der Waals surface area contributed by atoms with Crippen molar-refractivity contribution in [1.29, 1.82) is 0 Å². The maximum absolute atomic E-state index is 12.7. The van der Waals surface area contributed by atoms with Gasteiger partial charge in [0.25, 0.3) is 0 Å². The third-order valence-electron chi connectivity index (χ3n) is 3.53. The van der Waals surface area contributed by atoms with Crippen molar-refractivity contribution in [3.63, 3.8) is 0 Å². The van der Waals surface area contributed by atoms with Gasteiger partial charge in [-0.2, -0.15) is 0 Å². The van der Waals surface area contributed by atoms with E-state index in [9.17, 15) is 9.18 Å². The lowest BCUT2D eigenvalue weighted by atomic mass is 10.1. The molecule has 0 saturated heterocycles. The summed E-state index contributed by atoms with van der Waals surface area (Å²) < 4.78 is 12.7. The number of benzene rings is 1. The molecular weight excluding hydrogens is 243 g/mol. The van der Waals surface area contributed by atoms with Crippen molar-refractivity contribution in [3.8, 4) is 0 Å². The van der Waals surface area contributed by atoms with Gasteiger partial charge in [0.05, 0.1) is 6.54 Å². The average Bonchev–Trinajstić information content (AvgIpc) is 2.68. The SMILES string of the molecule is O=C(CNC1CCCCCC1)Nc1ccc(F)cc1. The van der Waals surface area contributed by atoms with Gasteiger partial charge in [-0.15, -0.1) is 0 Å². The Kier molecular flexibility index (Phi) is 5.33. The Morgan fingerprint density at radius 2 is 1.74 bits per heavy atom. The summed E-state index contributed by atoms with van der Waals surface area (Å²) in [6.07, 6.45) is 7.42. The smallest absolute Gasteiger partial charge is 0.238 e. The van der Waals surface area contributed by atoms with Gasteiger partial charge in [0, 0.05) is 11.7 Å². The van der Waals surface area contributed by atoms with E-state index in [0.29, 0.717) is 18.3 Å². The van der Waals surface area contributed by atoms with Crippen LogP contribution in [0, 0.1) is 5.82 Å². The molecule has 0 heterocycles. The molecule has 1 aliphatic rings. The highest BCUT2D eigenvalue weighted by Crippen LogP contribution is 2.17. The van der Waals surface area contributed by atoms with Gasteiger partial charge < -0.3 is 10.6 Å².